The molecule has 0 saturated heterocycles. The van der Waals surface area contributed by atoms with E-state index in [1.54, 1.807) is 0 Å². The van der Waals surface area contributed by atoms with Gasteiger partial charge in [0.05, 0.1) is 11.3 Å². The van der Waals surface area contributed by atoms with E-state index in [0.29, 0.717) is 6.04 Å². The quantitative estimate of drug-likeness (QED) is 0.875. The molecule has 0 amide bonds. The molecule has 1 aliphatic rings. The third-order valence-corrected chi connectivity index (χ3v) is 5.34. The topological polar surface area (TPSA) is 53.1 Å². The Bertz CT molecular complexity index is 435. The average Bonchev–Trinajstić information content (AvgIpc) is 2.96. The van der Waals surface area contributed by atoms with Gasteiger partial charge in [0.15, 0.2) is 0 Å². The number of aromatic nitrogens is 2. The number of ether oxygens (including phenoxy) is 1. The summed E-state index contributed by atoms with van der Waals surface area (Å²) in [4.78, 5) is 0. The van der Waals surface area contributed by atoms with E-state index in [1.807, 2.05) is 11.8 Å². The van der Waals surface area contributed by atoms with E-state index in [2.05, 4.69) is 38.1 Å². The molecule has 0 spiro atoms. The maximum absolute atomic E-state index is 6.52. The van der Waals surface area contributed by atoms with Gasteiger partial charge in [-0.15, -0.1) is 0 Å². The summed E-state index contributed by atoms with van der Waals surface area (Å²) in [5.41, 5.74) is 7.44. The van der Waals surface area contributed by atoms with E-state index in [1.165, 1.54) is 12.8 Å². The first-order valence-electron chi connectivity index (χ1n) is 8.35. The van der Waals surface area contributed by atoms with Gasteiger partial charge < -0.3 is 10.5 Å². The molecule has 1 aliphatic carbocycles. The zero-order chi connectivity index (χ0) is 15.5. The Balaban J connectivity index is 2.02. The van der Waals surface area contributed by atoms with E-state index >= 15 is 0 Å². The zero-order valence-electron chi connectivity index (χ0n) is 14.0. The fourth-order valence-corrected chi connectivity index (χ4v) is 3.31. The van der Waals surface area contributed by atoms with Crippen LogP contribution in [0.5, 0.6) is 0 Å². The summed E-state index contributed by atoms with van der Waals surface area (Å²) >= 11 is 0. The van der Waals surface area contributed by atoms with E-state index in [-0.39, 0.29) is 11.6 Å². The van der Waals surface area contributed by atoms with Crippen molar-refractivity contribution in [2.24, 2.45) is 11.7 Å². The van der Waals surface area contributed by atoms with Crippen molar-refractivity contribution in [3.63, 3.8) is 0 Å². The zero-order valence-corrected chi connectivity index (χ0v) is 14.0. The third kappa shape index (κ3) is 3.67. The molecule has 2 atom stereocenters. The maximum Gasteiger partial charge on any atom is 0.0832 e. The standard InChI is InChI=1S/C17H31N3O/c1-5-14(3)20-11-8-15(19-20)12-16(18)17(21-4)9-6-13(2)7-10-17/h8,11,13-14,16H,5-7,9-10,12,18H2,1-4H3. The smallest absolute Gasteiger partial charge is 0.0832 e. The van der Waals surface area contributed by atoms with Crippen LogP contribution in [0.25, 0.3) is 0 Å². The van der Waals surface area contributed by atoms with E-state index < -0.39 is 0 Å². The largest absolute Gasteiger partial charge is 0.377 e. The molecule has 0 radical (unpaired) electrons. The van der Waals surface area contributed by atoms with Crippen molar-refractivity contribution < 1.29 is 4.74 Å². The number of rotatable bonds is 6. The van der Waals surface area contributed by atoms with Gasteiger partial charge in [-0.3, -0.25) is 4.68 Å². The lowest BCUT2D eigenvalue weighted by atomic mass is 9.74. The maximum atomic E-state index is 6.52. The second-order valence-electron chi connectivity index (χ2n) is 6.81. The summed E-state index contributed by atoms with van der Waals surface area (Å²) in [7, 11) is 1.81. The molecule has 21 heavy (non-hydrogen) atoms. The highest BCUT2D eigenvalue weighted by molar-refractivity contribution is 5.06. The highest BCUT2D eigenvalue weighted by Crippen LogP contribution is 2.37. The van der Waals surface area contributed by atoms with Crippen molar-refractivity contribution in [2.45, 2.75) is 77.0 Å². The van der Waals surface area contributed by atoms with E-state index in [0.717, 1.165) is 37.3 Å². The second kappa shape index (κ2) is 6.93. The van der Waals surface area contributed by atoms with E-state index in [9.17, 15) is 0 Å². The van der Waals surface area contributed by atoms with Crippen molar-refractivity contribution in [2.75, 3.05) is 7.11 Å². The van der Waals surface area contributed by atoms with Gasteiger partial charge in [-0.1, -0.05) is 13.8 Å². The summed E-state index contributed by atoms with van der Waals surface area (Å²) in [6.45, 7) is 6.69. The molecule has 120 valence electrons. The van der Waals surface area contributed by atoms with Gasteiger partial charge in [-0.25, -0.2) is 0 Å². The second-order valence-corrected chi connectivity index (χ2v) is 6.81. The van der Waals surface area contributed by atoms with Crippen LogP contribution in [0.1, 0.15) is 64.6 Å². The van der Waals surface area contributed by atoms with Gasteiger partial charge in [-0.2, -0.15) is 5.10 Å². The number of hydrogen-bond donors (Lipinski definition) is 1. The number of methoxy groups -OCH3 is 1. The number of hydrogen-bond acceptors (Lipinski definition) is 3. The van der Waals surface area contributed by atoms with Crippen LogP contribution in [0.3, 0.4) is 0 Å². The highest BCUT2D eigenvalue weighted by Gasteiger charge is 2.39. The Morgan fingerprint density at radius 2 is 2.14 bits per heavy atom. The van der Waals surface area contributed by atoms with Crippen LogP contribution < -0.4 is 5.73 Å². The molecule has 1 saturated carbocycles. The van der Waals surface area contributed by atoms with Crippen molar-refractivity contribution in [3.8, 4) is 0 Å². The molecule has 0 bridgehead atoms. The highest BCUT2D eigenvalue weighted by atomic mass is 16.5. The van der Waals surface area contributed by atoms with Gasteiger partial charge in [0.25, 0.3) is 0 Å². The van der Waals surface area contributed by atoms with Crippen molar-refractivity contribution in [1.29, 1.82) is 0 Å². The van der Waals surface area contributed by atoms with Gasteiger partial charge >= 0.3 is 0 Å². The molecule has 0 aliphatic heterocycles. The predicted molar refractivity (Wildman–Crippen MR) is 86.3 cm³/mol. The Kier molecular flexibility index (Phi) is 5.44. The molecular formula is C17H31N3O. The summed E-state index contributed by atoms with van der Waals surface area (Å²) in [5.74, 6) is 0.796. The molecule has 1 fully saturated rings. The van der Waals surface area contributed by atoms with Crippen LogP contribution >= 0.6 is 0 Å². The molecule has 0 aromatic carbocycles. The van der Waals surface area contributed by atoms with Crippen LogP contribution in [-0.2, 0) is 11.2 Å². The first-order valence-corrected chi connectivity index (χ1v) is 8.35. The minimum Gasteiger partial charge on any atom is -0.377 e. The summed E-state index contributed by atoms with van der Waals surface area (Å²) in [6.07, 6.45) is 8.51. The molecule has 1 aromatic rings. The number of nitrogens with two attached hydrogens (primary N) is 1. The average molecular weight is 293 g/mol. The monoisotopic (exact) mass is 293 g/mol. The molecular weight excluding hydrogens is 262 g/mol. The van der Waals surface area contributed by atoms with Crippen LogP contribution in [0.2, 0.25) is 0 Å². The molecule has 4 nitrogen and oxygen atoms in total. The van der Waals surface area contributed by atoms with Gasteiger partial charge in [0, 0.05) is 31.8 Å². The Morgan fingerprint density at radius 3 is 2.71 bits per heavy atom. The molecule has 1 heterocycles. The summed E-state index contributed by atoms with van der Waals surface area (Å²) in [5, 5.41) is 4.68. The predicted octanol–water partition coefficient (Wildman–Crippen LogP) is 3.32. The number of nitrogens with zero attached hydrogens (tertiary/aromatic N) is 2. The van der Waals surface area contributed by atoms with Crippen molar-refractivity contribution >= 4 is 0 Å². The molecule has 4 heteroatoms. The van der Waals surface area contributed by atoms with Gasteiger partial charge in [-0.05, 0) is 51.0 Å². The normalized spacial score (nSPS) is 29.3. The fourth-order valence-electron chi connectivity index (χ4n) is 3.31. The minimum atomic E-state index is -0.160. The molecule has 1 aromatic heterocycles. The lowest BCUT2D eigenvalue weighted by molar-refractivity contribution is -0.0661. The molecule has 2 unspecified atom stereocenters. The summed E-state index contributed by atoms with van der Waals surface area (Å²) in [6, 6.07) is 2.57. The van der Waals surface area contributed by atoms with E-state index in [4.69, 9.17) is 10.5 Å². The third-order valence-electron chi connectivity index (χ3n) is 5.34. The van der Waals surface area contributed by atoms with Crippen molar-refractivity contribution in [3.05, 3.63) is 18.0 Å². The Hall–Kier alpha value is -0.870. The Morgan fingerprint density at radius 1 is 1.48 bits per heavy atom. The fraction of sp³-hybridized carbons (Fsp3) is 0.824. The van der Waals surface area contributed by atoms with Crippen LogP contribution in [0.15, 0.2) is 12.3 Å². The molecule has 2 N–H and O–H groups in total. The lowest BCUT2D eigenvalue weighted by Crippen LogP contribution is -2.52. The first-order chi connectivity index (χ1) is 10.0. The SMILES string of the molecule is CCC(C)n1ccc(CC(N)C2(OC)CCC(C)CC2)n1. The Labute approximate surface area is 129 Å². The lowest BCUT2D eigenvalue weighted by Gasteiger charge is -2.42. The summed E-state index contributed by atoms with van der Waals surface area (Å²) < 4.78 is 7.92. The molecule has 2 rings (SSSR count). The van der Waals surface area contributed by atoms with Crippen LogP contribution in [0.4, 0.5) is 0 Å². The van der Waals surface area contributed by atoms with Crippen LogP contribution in [-0.4, -0.2) is 28.5 Å². The van der Waals surface area contributed by atoms with Gasteiger partial charge in [0.2, 0.25) is 0 Å². The van der Waals surface area contributed by atoms with Crippen molar-refractivity contribution in [1.82, 2.24) is 9.78 Å². The van der Waals surface area contributed by atoms with Crippen LogP contribution in [0, 0.1) is 5.92 Å². The minimum absolute atomic E-state index is 0.0234. The first kappa shape index (κ1) is 16.5. The van der Waals surface area contributed by atoms with Gasteiger partial charge in [0.1, 0.15) is 0 Å².